The summed E-state index contributed by atoms with van der Waals surface area (Å²) in [5, 5.41) is 3.18. The standard InChI is InChI=1S/C10H20F3NS/c1-4-14-7-5-9(2,3)6-8-15-10(11,12)13/h14H,4-8H2,1-3H3. The van der Waals surface area contributed by atoms with E-state index in [1.807, 2.05) is 20.8 Å². The largest absolute Gasteiger partial charge is 0.441 e. The molecule has 1 nitrogen and oxygen atoms in total. The van der Waals surface area contributed by atoms with Gasteiger partial charge in [-0.1, -0.05) is 32.5 Å². The van der Waals surface area contributed by atoms with E-state index in [-0.39, 0.29) is 22.9 Å². The molecule has 92 valence electrons. The molecule has 0 aliphatic rings. The van der Waals surface area contributed by atoms with E-state index in [0.29, 0.717) is 6.42 Å². The molecule has 15 heavy (non-hydrogen) atoms. The third-order valence-corrected chi connectivity index (χ3v) is 3.01. The molecule has 0 aliphatic carbocycles. The van der Waals surface area contributed by atoms with Gasteiger partial charge in [0, 0.05) is 5.75 Å². The molecule has 0 unspecified atom stereocenters. The number of hydrogen-bond donors (Lipinski definition) is 1. The topological polar surface area (TPSA) is 12.0 Å². The third kappa shape index (κ3) is 10.4. The normalized spacial score (nSPS) is 13.2. The second-order valence-electron chi connectivity index (χ2n) is 4.31. The van der Waals surface area contributed by atoms with Crippen LogP contribution < -0.4 is 5.32 Å². The minimum atomic E-state index is -4.09. The maximum atomic E-state index is 11.9. The van der Waals surface area contributed by atoms with Gasteiger partial charge in [0.2, 0.25) is 0 Å². The van der Waals surface area contributed by atoms with Crippen LogP contribution in [0, 0.1) is 5.41 Å². The van der Waals surface area contributed by atoms with Crippen molar-refractivity contribution in [2.45, 2.75) is 39.1 Å². The maximum Gasteiger partial charge on any atom is 0.441 e. The molecule has 0 atom stereocenters. The number of rotatable bonds is 7. The molecule has 0 amide bonds. The van der Waals surface area contributed by atoms with Crippen molar-refractivity contribution in [1.29, 1.82) is 0 Å². The Morgan fingerprint density at radius 3 is 2.20 bits per heavy atom. The van der Waals surface area contributed by atoms with E-state index in [1.54, 1.807) is 0 Å². The Balaban J connectivity index is 3.64. The number of hydrogen-bond acceptors (Lipinski definition) is 2. The lowest BCUT2D eigenvalue weighted by atomic mass is 9.86. The Labute approximate surface area is 94.2 Å². The van der Waals surface area contributed by atoms with Crippen molar-refractivity contribution in [3.05, 3.63) is 0 Å². The summed E-state index contributed by atoms with van der Waals surface area (Å²) in [5.41, 5.74) is -4.10. The van der Waals surface area contributed by atoms with Crippen LogP contribution in [0.4, 0.5) is 13.2 Å². The Bertz CT molecular complexity index is 169. The number of halogens is 3. The summed E-state index contributed by atoms with van der Waals surface area (Å²) < 4.78 is 35.7. The van der Waals surface area contributed by atoms with Crippen LogP contribution in [0.3, 0.4) is 0 Å². The predicted octanol–water partition coefficient (Wildman–Crippen LogP) is 3.66. The quantitative estimate of drug-likeness (QED) is 0.685. The molecule has 1 N–H and O–H groups in total. The monoisotopic (exact) mass is 243 g/mol. The Hall–Kier alpha value is 0.100. The molecule has 0 aromatic carbocycles. The molecule has 0 saturated heterocycles. The zero-order chi connectivity index (χ0) is 11.9. The number of thioether (sulfide) groups is 1. The summed E-state index contributed by atoms with van der Waals surface area (Å²) in [4.78, 5) is 0. The summed E-state index contributed by atoms with van der Waals surface area (Å²) in [7, 11) is 0. The van der Waals surface area contributed by atoms with E-state index in [2.05, 4.69) is 5.32 Å². The van der Waals surface area contributed by atoms with Gasteiger partial charge in [-0.15, -0.1) is 0 Å². The van der Waals surface area contributed by atoms with Gasteiger partial charge >= 0.3 is 5.51 Å². The van der Waals surface area contributed by atoms with Crippen molar-refractivity contribution in [3.8, 4) is 0 Å². The molecule has 0 bridgehead atoms. The summed E-state index contributed by atoms with van der Waals surface area (Å²) in [6, 6.07) is 0. The van der Waals surface area contributed by atoms with E-state index < -0.39 is 5.51 Å². The Morgan fingerprint density at radius 1 is 1.13 bits per heavy atom. The van der Waals surface area contributed by atoms with Crippen LogP contribution >= 0.6 is 11.8 Å². The SMILES string of the molecule is CCNCCC(C)(C)CCSC(F)(F)F. The predicted molar refractivity (Wildman–Crippen MR) is 60.1 cm³/mol. The van der Waals surface area contributed by atoms with Crippen molar-refractivity contribution in [2.24, 2.45) is 5.41 Å². The van der Waals surface area contributed by atoms with Crippen molar-refractivity contribution >= 4 is 11.8 Å². The van der Waals surface area contributed by atoms with Crippen molar-refractivity contribution in [2.75, 3.05) is 18.8 Å². The maximum absolute atomic E-state index is 11.9. The molecule has 0 radical (unpaired) electrons. The van der Waals surface area contributed by atoms with Crippen LogP contribution in [0.15, 0.2) is 0 Å². The van der Waals surface area contributed by atoms with Crippen molar-refractivity contribution in [3.63, 3.8) is 0 Å². The average molecular weight is 243 g/mol. The molecule has 0 aromatic heterocycles. The zero-order valence-electron chi connectivity index (χ0n) is 9.58. The van der Waals surface area contributed by atoms with Gasteiger partial charge in [0.25, 0.3) is 0 Å². The zero-order valence-corrected chi connectivity index (χ0v) is 10.4. The average Bonchev–Trinajstić information content (AvgIpc) is 2.01. The lowest BCUT2D eigenvalue weighted by Crippen LogP contribution is -2.23. The fourth-order valence-corrected chi connectivity index (χ4v) is 2.06. The highest BCUT2D eigenvalue weighted by Gasteiger charge is 2.29. The second kappa shape index (κ2) is 6.63. The van der Waals surface area contributed by atoms with Crippen LogP contribution in [0.1, 0.15) is 33.6 Å². The van der Waals surface area contributed by atoms with Gasteiger partial charge in [-0.25, -0.2) is 0 Å². The molecule has 0 heterocycles. The van der Waals surface area contributed by atoms with Gasteiger partial charge in [-0.05, 0) is 31.3 Å². The van der Waals surface area contributed by atoms with E-state index >= 15 is 0 Å². The Kier molecular flexibility index (Phi) is 6.68. The smallest absolute Gasteiger partial charge is 0.317 e. The molecular formula is C10H20F3NS. The molecule has 0 aromatic rings. The molecule has 0 spiro atoms. The fraction of sp³-hybridized carbons (Fsp3) is 1.00. The lowest BCUT2D eigenvalue weighted by molar-refractivity contribution is -0.0328. The van der Waals surface area contributed by atoms with Gasteiger partial charge < -0.3 is 5.32 Å². The molecular weight excluding hydrogens is 223 g/mol. The van der Waals surface area contributed by atoms with Gasteiger partial charge in [0.15, 0.2) is 0 Å². The van der Waals surface area contributed by atoms with Gasteiger partial charge in [-0.2, -0.15) is 13.2 Å². The summed E-state index contributed by atoms with van der Waals surface area (Å²) in [5.74, 6) is 0.155. The first-order chi connectivity index (χ1) is 6.77. The van der Waals surface area contributed by atoms with Gasteiger partial charge in [-0.3, -0.25) is 0 Å². The highest BCUT2D eigenvalue weighted by molar-refractivity contribution is 8.00. The molecule has 0 fully saturated rings. The fourth-order valence-electron chi connectivity index (χ4n) is 1.17. The summed E-state index contributed by atoms with van der Waals surface area (Å²) >= 11 is 0.0792. The van der Waals surface area contributed by atoms with Crippen LogP contribution in [0.2, 0.25) is 0 Å². The van der Waals surface area contributed by atoms with Gasteiger partial charge in [0.1, 0.15) is 0 Å². The highest BCUT2D eigenvalue weighted by Crippen LogP contribution is 2.34. The summed E-state index contributed by atoms with van der Waals surface area (Å²) in [6.07, 6.45) is 1.52. The minimum absolute atomic E-state index is 0.0135. The summed E-state index contributed by atoms with van der Waals surface area (Å²) in [6.45, 7) is 7.84. The lowest BCUT2D eigenvalue weighted by Gasteiger charge is -2.24. The van der Waals surface area contributed by atoms with E-state index in [0.717, 1.165) is 19.5 Å². The van der Waals surface area contributed by atoms with E-state index in [9.17, 15) is 13.2 Å². The first kappa shape index (κ1) is 15.1. The van der Waals surface area contributed by atoms with Crippen LogP contribution in [-0.4, -0.2) is 24.4 Å². The van der Waals surface area contributed by atoms with E-state index in [1.165, 1.54) is 0 Å². The minimum Gasteiger partial charge on any atom is -0.317 e. The molecule has 0 saturated carbocycles. The van der Waals surface area contributed by atoms with Crippen LogP contribution in [0.5, 0.6) is 0 Å². The molecule has 0 rings (SSSR count). The first-order valence-corrected chi connectivity index (χ1v) is 6.17. The first-order valence-electron chi connectivity index (χ1n) is 5.18. The number of nitrogens with one attached hydrogen (secondary N) is 1. The Morgan fingerprint density at radius 2 is 1.73 bits per heavy atom. The highest BCUT2D eigenvalue weighted by atomic mass is 32.2. The van der Waals surface area contributed by atoms with Crippen molar-refractivity contribution < 1.29 is 13.2 Å². The number of alkyl halides is 3. The molecule has 5 heteroatoms. The van der Waals surface area contributed by atoms with Crippen LogP contribution in [-0.2, 0) is 0 Å². The molecule has 0 aliphatic heterocycles. The van der Waals surface area contributed by atoms with Crippen molar-refractivity contribution in [1.82, 2.24) is 5.32 Å². The van der Waals surface area contributed by atoms with Crippen LogP contribution in [0.25, 0.3) is 0 Å². The third-order valence-electron chi connectivity index (χ3n) is 2.27. The van der Waals surface area contributed by atoms with Gasteiger partial charge in [0.05, 0.1) is 0 Å². The second-order valence-corrected chi connectivity index (χ2v) is 5.47. The van der Waals surface area contributed by atoms with E-state index in [4.69, 9.17) is 0 Å².